The lowest BCUT2D eigenvalue weighted by atomic mass is 10.1. The Morgan fingerprint density at radius 3 is 2.95 bits per heavy atom. The summed E-state index contributed by atoms with van der Waals surface area (Å²) in [5, 5.41) is 3.01. The van der Waals surface area contributed by atoms with Crippen LogP contribution >= 0.6 is 11.3 Å². The lowest BCUT2D eigenvalue weighted by molar-refractivity contribution is 0.624. The number of benzene rings is 1. The molecule has 3 nitrogen and oxygen atoms in total. The summed E-state index contributed by atoms with van der Waals surface area (Å²) in [5.74, 6) is 0.416. The van der Waals surface area contributed by atoms with Crippen LogP contribution < -0.4 is 0 Å². The first kappa shape index (κ1) is 12.7. The van der Waals surface area contributed by atoms with Crippen LogP contribution in [0.3, 0.4) is 0 Å². The van der Waals surface area contributed by atoms with Crippen LogP contribution in [0.2, 0.25) is 0 Å². The maximum atomic E-state index is 13.9. The summed E-state index contributed by atoms with van der Waals surface area (Å²) in [4.78, 5) is 8.66. The number of hydrogen-bond acceptors (Lipinski definition) is 3. The second kappa shape index (κ2) is 5.07. The van der Waals surface area contributed by atoms with E-state index in [9.17, 15) is 4.39 Å². The van der Waals surface area contributed by atoms with Crippen LogP contribution in [0.25, 0.3) is 10.6 Å². The van der Waals surface area contributed by atoms with Crippen molar-refractivity contribution in [2.45, 2.75) is 25.3 Å². The number of hydrogen-bond donors (Lipinski definition) is 0. The Labute approximate surface area is 126 Å². The first-order chi connectivity index (χ1) is 10.3. The molecule has 0 saturated heterocycles. The van der Waals surface area contributed by atoms with Crippen LogP contribution in [0, 0.1) is 5.82 Å². The second-order valence-electron chi connectivity index (χ2n) is 5.43. The number of nitrogens with zero attached hydrogens (tertiary/aromatic N) is 3. The maximum Gasteiger partial charge on any atom is 0.124 e. The molecule has 2 aromatic heterocycles. The van der Waals surface area contributed by atoms with Gasteiger partial charge in [-0.2, -0.15) is 0 Å². The van der Waals surface area contributed by atoms with Crippen molar-refractivity contribution in [1.29, 1.82) is 0 Å². The molecule has 1 aromatic carbocycles. The fourth-order valence-electron chi connectivity index (χ4n) is 2.44. The molecule has 1 aliphatic carbocycles. The van der Waals surface area contributed by atoms with Gasteiger partial charge in [0.25, 0.3) is 0 Å². The van der Waals surface area contributed by atoms with Crippen molar-refractivity contribution in [3.63, 3.8) is 0 Å². The number of halogens is 1. The van der Waals surface area contributed by atoms with Crippen molar-refractivity contribution in [2.75, 3.05) is 0 Å². The van der Waals surface area contributed by atoms with Crippen molar-refractivity contribution in [3.05, 3.63) is 59.4 Å². The molecule has 0 N–H and O–H groups in total. The van der Waals surface area contributed by atoms with Gasteiger partial charge < -0.3 is 4.57 Å². The van der Waals surface area contributed by atoms with E-state index in [-0.39, 0.29) is 5.82 Å². The Balaban J connectivity index is 1.65. The molecule has 0 amide bonds. The summed E-state index contributed by atoms with van der Waals surface area (Å²) in [7, 11) is 0. The first-order valence-electron chi connectivity index (χ1n) is 6.99. The molecule has 4 rings (SSSR count). The minimum atomic E-state index is -0.217. The van der Waals surface area contributed by atoms with Crippen LogP contribution in [-0.2, 0) is 6.54 Å². The van der Waals surface area contributed by atoms with Crippen LogP contribution in [0.1, 0.15) is 30.0 Å². The van der Waals surface area contributed by atoms with Gasteiger partial charge in [0.2, 0.25) is 0 Å². The minimum Gasteiger partial charge on any atom is -0.333 e. The molecular weight excluding hydrogens is 285 g/mol. The molecule has 21 heavy (non-hydrogen) atoms. The lowest BCUT2D eigenvalue weighted by Gasteiger charge is -2.05. The Morgan fingerprint density at radius 2 is 2.19 bits per heavy atom. The third kappa shape index (κ3) is 2.74. The smallest absolute Gasteiger partial charge is 0.124 e. The quantitative estimate of drug-likeness (QED) is 0.727. The topological polar surface area (TPSA) is 30.7 Å². The number of rotatable bonds is 4. The van der Waals surface area contributed by atoms with E-state index in [4.69, 9.17) is 0 Å². The second-order valence-corrected chi connectivity index (χ2v) is 6.29. The van der Waals surface area contributed by atoms with Crippen LogP contribution in [0.5, 0.6) is 0 Å². The molecule has 0 aliphatic heterocycles. The molecule has 0 atom stereocenters. The first-order valence-corrected chi connectivity index (χ1v) is 7.87. The van der Waals surface area contributed by atoms with E-state index in [0.717, 1.165) is 21.8 Å². The molecule has 1 aliphatic rings. The molecule has 1 saturated carbocycles. The predicted octanol–water partition coefficient (Wildman–Crippen LogP) is 4.07. The van der Waals surface area contributed by atoms with Crippen LogP contribution in [0.4, 0.5) is 4.39 Å². The highest BCUT2D eigenvalue weighted by molar-refractivity contribution is 7.13. The number of thiazole rings is 1. The zero-order valence-corrected chi connectivity index (χ0v) is 12.2. The molecule has 5 heteroatoms. The van der Waals surface area contributed by atoms with Crippen molar-refractivity contribution < 1.29 is 4.39 Å². The summed E-state index contributed by atoms with van der Waals surface area (Å²) in [6.07, 6.45) is 7.80. The van der Waals surface area contributed by atoms with Crippen molar-refractivity contribution in [1.82, 2.24) is 14.5 Å². The fraction of sp³-hybridized carbons (Fsp3) is 0.250. The fourth-order valence-corrected chi connectivity index (χ4v) is 3.33. The highest BCUT2D eigenvalue weighted by atomic mass is 32.1. The summed E-state index contributed by atoms with van der Waals surface area (Å²) in [6, 6.07) is 5.14. The molecule has 0 bridgehead atoms. The molecule has 0 unspecified atom stereocenters. The van der Waals surface area contributed by atoms with Crippen LogP contribution in [0.15, 0.2) is 42.3 Å². The van der Waals surface area contributed by atoms with Crippen molar-refractivity contribution >= 4 is 11.3 Å². The van der Waals surface area contributed by atoms with E-state index in [1.807, 2.05) is 16.8 Å². The SMILES string of the molecule is Fc1cc(Cn2ccnc2)cc(-c2nc(C3CC3)cs2)c1. The largest absolute Gasteiger partial charge is 0.333 e. The number of aromatic nitrogens is 3. The molecule has 1 fully saturated rings. The average molecular weight is 299 g/mol. The van der Waals surface area contributed by atoms with Crippen molar-refractivity contribution in [3.8, 4) is 10.6 Å². The molecule has 106 valence electrons. The van der Waals surface area contributed by atoms with E-state index < -0.39 is 0 Å². The summed E-state index contributed by atoms with van der Waals surface area (Å²) >= 11 is 1.60. The Hall–Kier alpha value is -2.01. The maximum absolute atomic E-state index is 13.9. The van der Waals surface area contributed by atoms with Gasteiger partial charge in [-0.25, -0.2) is 14.4 Å². The monoisotopic (exact) mass is 299 g/mol. The predicted molar refractivity (Wildman–Crippen MR) is 80.8 cm³/mol. The normalized spacial score (nSPS) is 14.5. The van der Waals surface area contributed by atoms with Crippen molar-refractivity contribution in [2.24, 2.45) is 0 Å². The van der Waals surface area contributed by atoms with Gasteiger partial charge >= 0.3 is 0 Å². The van der Waals surface area contributed by atoms with Gasteiger partial charge in [0.05, 0.1) is 12.0 Å². The highest BCUT2D eigenvalue weighted by Crippen LogP contribution is 2.41. The van der Waals surface area contributed by atoms with Gasteiger partial charge in [-0.15, -0.1) is 11.3 Å². The van der Waals surface area contributed by atoms with Gasteiger partial charge in [-0.1, -0.05) is 0 Å². The minimum absolute atomic E-state index is 0.217. The van der Waals surface area contributed by atoms with Crippen LogP contribution in [-0.4, -0.2) is 14.5 Å². The summed E-state index contributed by atoms with van der Waals surface area (Å²) in [5.41, 5.74) is 2.95. The zero-order valence-electron chi connectivity index (χ0n) is 11.4. The molecule has 0 spiro atoms. The van der Waals surface area contributed by atoms with Gasteiger partial charge in [-0.05, 0) is 36.6 Å². The van der Waals surface area contributed by atoms with Gasteiger partial charge in [0, 0.05) is 35.8 Å². The zero-order chi connectivity index (χ0) is 14.2. The molecule has 2 heterocycles. The number of imidazole rings is 1. The average Bonchev–Trinajstić information content (AvgIpc) is 2.99. The molecular formula is C16H14FN3S. The van der Waals surface area contributed by atoms with E-state index in [1.165, 1.54) is 12.8 Å². The Kier molecular flexibility index (Phi) is 3.07. The van der Waals surface area contributed by atoms with E-state index in [0.29, 0.717) is 12.5 Å². The third-order valence-electron chi connectivity index (χ3n) is 3.65. The summed E-state index contributed by atoms with van der Waals surface area (Å²) < 4.78 is 15.8. The van der Waals surface area contributed by atoms with E-state index in [2.05, 4.69) is 15.3 Å². The molecule has 0 radical (unpaired) electrons. The van der Waals surface area contributed by atoms with Gasteiger partial charge in [0.15, 0.2) is 0 Å². The third-order valence-corrected chi connectivity index (χ3v) is 4.56. The molecule has 3 aromatic rings. The van der Waals surface area contributed by atoms with E-state index in [1.54, 1.807) is 36.0 Å². The summed E-state index contributed by atoms with van der Waals surface area (Å²) in [6.45, 7) is 0.617. The highest BCUT2D eigenvalue weighted by Gasteiger charge is 2.26. The lowest BCUT2D eigenvalue weighted by Crippen LogP contribution is -1.97. The standard InChI is InChI=1S/C16H14FN3S/c17-14-6-11(8-20-4-3-18-10-20)5-13(7-14)16-19-15(9-21-16)12-1-2-12/h3-7,9-10,12H,1-2,8H2. The van der Waals surface area contributed by atoms with Gasteiger partial charge in [-0.3, -0.25) is 0 Å². The van der Waals surface area contributed by atoms with E-state index >= 15 is 0 Å². The van der Waals surface area contributed by atoms with Gasteiger partial charge in [0.1, 0.15) is 10.8 Å². The Morgan fingerprint density at radius 1 is 1.29 bits per heavy atom. The Bertz CT molecular complexity index is 760.